The molecule has 0 aromatic heterocycles. The number of ether oxygens (including phenoxy) is 1. The predicted molar refractivity (Wildman–Crippen MR) is 66.2 cm³/mol. The summed E-state index contributed by atoms with van der Waals surface area (Å²) in [5.41, 5.74) is 0.0189. The Labute approximate surface area is 106 Å². The molecule has 0 radical (unpaired) electrons. The van der Waals surface area contributed by atoms with Crippen molar-refractivity contribution in [3.63, 3.8) is 0 Å². The number of carbonyl (C=O) groups excluding carboxylic acids is 1. The highest BCUT2D eigenvalue weighted by molar-refractivity contribution is 6.67. The molecule has 0 saturated heterocycles. The first kappa shape index (κ1) is 14.0. The van der Waals surface area contributed by atoms with Crippen LogP contribution in [0.25, 0.3) is 0 Å². The van der Waals surface area contributed by atoms with Crippen LogP contribution in [0.3, 0.4) is 0 Å². The van der Waals surface area contributed by atoms with Gasteiger partial charge in [-0.1, -0.05) is 20.8 Å². The fourth-order valence-corrected chi connectivity index (χ4v) is 1.36. The number of halogens is 2. The maximum absolute atomic E-state index is 13.2. The molecule has 0 saturated carbocycles. The lowest BCUT2D eigenvalue weighted by molar-refractivity contribution is 0.107. The summed E-state index contributed by atoms with van der Waals surface area (Å²) in [7, 11) is 0. The third-order valence-electron chi connectivity index (χ3n) is 2.27. The van der Waals surface area contributed by atoms with Crippen molar-refractivity contribution in [2.24, 2.45) is 5.41 Å². The van der Waals surface area contributed by atoms with E-state index in [1.165, 1.54) is 18.2 Å². The minimum absolute atomic E-state index is 0.153. The second kappa shape index (κ2) is 5.50. The van der Waals surface area contributed by atoms with E-state index in [0.717, 1.165) is 6.42 Å². The van der Waals surface area contributed by atoms with Crippen molar-refractivity contribution >= 4 is 16.8 Å². The van der Waals surface area contributed by atoms with Gasteiger partial charge in [-0.05, 0) is 41.6 Å². The summed E-state index contributed by atoms with van der Waals surface area (Å²) >= 11 is 5.25. The summed E-state index contributed by atoms with van der Waals surface area (Å²) in [4.78, 5) is 10.9. The molecule has 0 aliphatic carbocycles. The maximum Gasteiger partial charge on any atom is 0.255 e. The van der Waals surface area contributed by atoms with Crippen LogP contribution >= 0.6 is 11.6 Å². The van der Waals surface area contributed by atoms with Crippen molar-refractivity contribution in [3.8, 4) is 5.75 Å². The van der Waals surface area contributed by atoms with Crippen molar-refractivity contribution in [1.82, 2.24) is 0 Å². The number of hydrogen-bond acceptors (Lipinski definition) is 2. The number of rotatable bonds is 4. The molecule has 0 bridgehead atoms. The Morgan fingerprint density at radius 3 is 2.59 bits per heavy atom. The highest BCUT2D eigenvalue weighted by Gasteiger charge is 2.12. The molecule has 0 N–H and O–H groups in total. The molecule has 2 nitrogen and oxygen atoms in total. The Hall–Kier alpha value is -1.09. The standard InChI is InChI=1S/C13H16ClFO2/c1-13(2,3)6-7-17-9-4-5-11(15)10(8-9)12(14)16/h4-5,8H,6-7H2,1-3H3. The van der Waals surface area contributed by atoms with Gasteiger partial charge in [0.05, 0.1) is 12.2 Å². The van der Waals surface area contributed by atoms with E-state index < -0.39 is 11.1 Å². The van der Waals surface area contributed by atoms with Crippen LogP contribution in [0, 0.1) is 11.2 Å². The van der Waals surface area contributed by atoms with E-state index in [1.54, 1.807) is 0 Å². The molecular weight excluding hydrogens is 243 g/mol. The van der Waals surface area contributed by atoms with Crippen molar-refractivity contribution in [2.75, 3.05) is 6.61 Å². The average molecular weight is 259 g/mol. The lowest BCUT2D eigenvalue weighted by Crippen LogP contribution is -2.11. The van der Waals surface area contributed by atoms with E-state index in [0.29, 0.717) is 12.4 Å². The van der Waals surface area contributed by atoms with Crippen LogP contribution in [0.4, 0.5) is 4.39 Å². The average Bonchev–Trinajstić information content (AvgIpc) is 2.18. The summed E-state index contributed by atoms with van der Waals surface area (Å²) in [6.45, 7) is 6.84. The molecule has 4 heteroatoms. The molecule has 1 rings (SSSR count). The summed E-state index contributed by atoms with van der Waals surface area (Å²) in [5.74, 6) is -0.173. The second-order valence-electron chi connectivity index (χ2n) is 5.07. The highest BCUT2D eigenvalue weighted by Crippen LogP contribution is 2.21. The van der Waals surface area contributed by atoms with Gasteiger partial charge < -0.3 is 4.74 Å². The fourth-order valence-electron chi connectivity index (χ4n) is 1.22. The minimum Gasteiger partial charge on any atom is -0.494 e. The fraction of sp³-hybridized carbons (Fsp3) is 0.462. The van der Waals surface area contributed by atoms with E-state index in [1.807, 2.05) is 0 Å². The van der Waals surface area contributed by atoms with Crippen LogP contribution < -0.4 is 4.74 Å². The zero-order valence-corrected chi connectivity index (χ0v) is 11.0. The van der Waals surface area contributed by atoms with E-state index in [4.69, 9.17) is 16.3 Å². The van der Waals surface area contributed by atoms with Crippen molar-refractivity contribution < 1.29 is 13.9 Å². The van der Waals surface area contributed by atoms with Crippen LogP contribution in [-0.2, 0) is 0 Å². The number of hydrogen-bond donors (Lipinski definition) is 0. The van der Waals surface area contributed by atoms with Crippen LogP contribution in [0.15, 0.2) is 18.2 Å². The Morgan fingerprint density at radius 1 is 1.41 bits per heavy atom. The van der Waals surface area contributed by atoms with Gasteiger partial charge in [-0.2, -0.15) is 0 Å². The summed E-state index contributed by atoms with van der Waals surface area (Å²) < 4.78 is 18.6. The molecule has 0 atom stereocenters. The smallest absolute Gasteiger partial charge is 0.255 e. The van der Waals surface area contributed by atoms with Crippen molar-refractivity contribution in [2.45, 2.75) is 27.2 Å². The van der Waals surface area contributed by atoms with Crippen molar-refractivity contribution in [3.05, 3.63) is 29.6 Å². The van der Waals surface area contributed by atoms with Crippen LogP contribution in [0.5, 0.6) is 5.75 Å². The van der Waals surface area contributed by atoms with E-state index >= 15 is 0 Å². The van der Waals surface area contributed by atoms with Crippen molar-refractivity contribution in [1.29, 1.82) is 0 Å². The van der Waals surface area contributed by atoms with Crippen LogP contribution in [0.1, 0.15) is 37.6 Å². The monoisotopic (exact) mass is 258 g/mol. The second-order valence-corrected chi connectivity index (χ2v) is 5.42. The first-order valence-electron chi connectivity index (χ1n) is 5.42. The zero-order valence-electron chi connectivity index (χ0n) is 10.2. The van der Waals surface area contributed by atoms with Gasteiger partial charge in [0.2, 0.25) is 0 Å². The highest BCUT2D eigenvalue weighted by atomic mass is 35.5. The lowest BCUT2D eigenvalue weighted by Gasteiger charge is -2.18. The summed E-state index contributed by atoms with van der Waals surface area (Å²) in [5, 5.41) is -0.816. The van der Waals surface area contributed by atoms with Gasteiger partial charge in [0, 0.05) is 0 Å². The number of carbonyl (C=O) groups is 1. The molecule has 94 valence electrons. The minimum atomic E-state index is -0.816. The van der Waals surface area contributed by atoms with Gasteiger partial charge in [0.15, 0.2) is 0 Å². The van der Waals surface area contributed by atoms with Gasteiger partial charge >= 0.3 is 0 Å². The molecule has 0 spiro atoms. The topological polar surface area (TPSA) is 26.3 Å². The summed E-state index contributed by atoms with van der Waals surface area (Å²) in [6.07, 6.45) is 0.870. The SMILES string of the molecule is CC(C)(C)CCOc1ccc(F)c(C(=O)Cl)c1. The van der Waals surface area contributed by atoms with Gasteiger partial charge in [-0.3, -0.25) is 4.79 Å². The van der Waals surface area contributed by atoms with E-state index in [2.05, 4.69) is 20.8 Å². The molecule has 0 fully saturated rings. The van der Waals surface area contributed by atoms with Gasteiger partial charge in [0.1, 0.15) is 11.6 Å². The third kappa shape index (κ3) is 4.73. The molecule has 0 heterocycles. The molecular formula is C13H16ClFO2. The van der Waals surface area contributed by atoms with Gasteiger partial charge in [-0.25, -0.2) is 4.39 Å². The molecule has 1 aromatic carbocycles. The molecule has 1 aromatic rings. The Kier molecular flexibility index (Phi) is 4.52. The van der Waals surface area contributed by atoms with E-state index in [9.17, 15) is 9.18 Å². The van der Waals surface area contributed by atoms with Gasteiger partial charge in [-0.15, -0.1) is 0 Å². The lowest BCUT2D eigenvalue weighted by atomic mass is 9.93. The Bertz CT molecular complexity index is 410. The molecule has 0 amide bonds. The Morgan fingerprint density at radius 2 is 2.06 bits per heavy atom. The first-order chi connectivity index (χ1) is 7.79. The largest absolute Gasteiger partial charge is 0.494 e. The maximum atomic E-state index is 13.2. The quantitative estimate of drug-likeness (QED) is 0.763. The van der Waals surface area contributed by atoms with Crippen LogP contribution in [-0.4, -0.2) is 11.8 Å². The molecule has 0 aliphatic heterocycles. The normalized spacial score (nSPS) is 11.4. The summed E-state index contributed by atoms with van der Waals surface area (Å²) in [6, 6.07) is 4.00. The molecule has 17 heavy (non-hydrogen) atoms. The predicted octanol–water partition coefficient (Wildman–Crippen LogP) is 4.02. The molecule has 0 aliphatic rings. The van der Waals surface area contributed by atoms with Gasteiger partial charge in [0.25, 0.3) is 5.24 Å². The number of benzene rings is 1. The third-order valence-corrected chi connectivity index (χ3v) is 2.47. The van der Waals surface area contributed by atoms with Crippen LogP contribution in [0.2, 0.25) is 0 Å². The zero-order chi connectivity index (χ0) is 13.1. The Balaban J connectivity index is 2.67. The molecule has 0 unspecified atom stereocenters. The first-order valence-corrected chi connectivity index (χ1v) is 5.79. The van der Waals surface area contributed by atoms with E-state index in [-0.39, 0.29) is 11.0 Å².